The van der Waals surface area contributed by atoms with Crippen LogP contribution >= 0.6 is 34.5 Å². The third-order valence-corrected chi connectivity index (χ3v) is 5.67. The third kappa shape index (κ3) is 3.94. The highest BCUT2D eigenvalue weighted by molar-refractivity contribution is 7.16. The first-order valence-corrected chi connectivity index (χ1v) is 9.88. The first-order chi connectivity index (χ1) is 13.3. The number of thiazole rings is 1. The number of aromatic nitrogens is 1. The van der Waals surface area contributed by atoms with Crippen LogP contribution in [0.25, 0.3) is 11.3 Å². The molecular formula is C20H18Cl2N2O3S. The Balaban J connectivity index is 1.92. The van der Waals surface area contributed by atoms with Crippen molar-refractivity contribution < 1.29 is 14.3 Å². The lowest BCUT2D eigenvalue weighted by Gasteiger charge is -2.11. The Kier molecular flexibility index (Phi) is 6.13. The molecule has 0 atom stereocenters. The van der Waals surface area contributed by atoms with Gasteiger partial charge in [-0.3, -0.25) is 10.1 Å². The number of hydrogen-bond donors (Lipinski definition) is 1. The van der Waals surface area contributed by atoms with Gasteiger partial charge >= 0.3 is 0 Å². The van der Waals surface area contributed by atoms with E-state index in [-0.39, 0.29) is 16.3 Å². The van der Waals surface area contributed by atoms with Gasteiger partial charge in [0.15, 0.2) is 10.9 Å². The zero-order chi connectivity index (χ0) is 20.4. The van der Waals surface area contributed by atoms with Gasteiger partial charge in [-0.1, -0.05) is 23.2 Å². The second-order valence-corrected chi connectivity index (χ2v) is 8.02. The molecule has 1 aromatic heterocycles. The van der Waals surface area contributed by atoms with Gasteiger partial charge in [0, 0.05) is 10.4 Å². The number of hydrogen-bond acceptors (Lipinski definition) is 5. The average molecular weight is 437 g/mol. The fraction of sp³-hybridized carbons (Fsp3) is 0.200. The van der Waals surface area contributed by atoms with Crippen LogP contribution in [0.4, 0.5) is 5.13 Å². The maximum atomic E-state index is 12.8. The summed E-state index contributed by atoms with van der Waals surface area (Å²) in [4.78, 5) is 18.3. The summed E-state index contributed by atoms with van der Waals surface area (Å²) in [6, 6.07) is 8.98. The summed E-state index contributed by atoms with van der Waals surface area (Å²) in [7, 11) is 3.07. The van der Waals surface area contributed by atoms with Crippen molar-refractivity contribution in [2.75, 3.05) is 19.5 Å². The van der Waals surface area contributed by atoms with Gasteiger partial charge in [0.05, 0.1) is 30.0 Å². The van der Waals surface area contributed by atoms with Crippen LogP contribution in [0.2, 0.25) is 10.0 Å². The van der Waals surface area contributed by atoms with Crippen molar-refractivity contribution in [1.82, 2.24) is 4.98 Å². The number of carbonyl (C=O) groups excluding carboxylic acids is 1. The van der Waals surface area contributed by atoms with Crippen molar-refractivity contribution in [3.63, 3.8) is 0 Å². The van der Waals surface area contributed by atoms with Gasteiger partial charge in [-0.15, -0.1) is 11.3 Å². The molecule has 28 heavy (non-hydrogen) atoms. The van der Waals surface area contributed by atoms with Crippen molar-refractivity contribution in [1.29, 1.82) is 0 Å². The summed E-state index contributed by atoms with van der Waals surface area (Å²) < 4.78 is 10.5. The number of methoxy groups -OCH3 is 2. The lowest BCUT2D eigenvalue weighted by molar-refractivity contribution is 0.102. The SMILES string of the molecule is COc1ccc(-c2nc(NC(=O)c3c(Cl)ccc(Cl)c3OC)sc2C)cc1C. The smallest absolute Gasteiger partial charge is 0.262 e. The van der Waals surface area contributed by atoms with E-state index >= 15 is 0 Å². The predicted octanol–water partition coefficient (Wildman–Crippen LogP) is 6.00. The molecule has 0 aliphatic heterocycles. The first-order valence-electron chi connectivity index (χ1n) is 8.31. The fourth-order valence-corrected chi connectivity index (χ4v) is 4.15. The van der Waals surface area contributed by atoms with Gasteiger partial charge in [0.2, 0.25) is 0 Å². The highest BCUT2D eigenvalue weighted by atomic mass is 35.5. The van der Waals surface area contributed by atoms with Crippen molar-refractivity contribution in [3.05, 3.63) is 56.4 Å². The van der Waals surface area contributed by atoms with E-state index in [1.807, 2.05) is 32.0 Å². The Hall–Kier alpha value is -2.28. The summed E-state index contributed by atoms with van der Waals surface area (Å²) in [5, 5.41) is 3.81. The van der Waals surface area contributed by atoms with E-state index < -0.39 is 5.91 Å². The van der Waals surface area contributed by atoms with Crippen molar-refractivity contribution >= 4 is 45.6 Å². The molecule has 0 bridgehead atoms. The van der Waals surface area contributed by atoms with Crippen LogP contribution < -0.4 is 14.8 Å². The number of rotatable bonds is 5. The molecule has 2 aromatic carbocycles. The average Bonchev–Trinajstić information content (AvgIpc) is 3.03. The number of aryl methyl sites for hydroxylation is 2. The molecule has 1 heterocycles. The summed E-state index contributed by atoms with van der Waals surface area (Å²) in [5.74, 6) is 0.606. The highest BCUT2D eigenvalue weighted by Gasteiger charge is 2.21. The maximum Gasteiger partial charge on any atom is 0.262 e. The van der Waals surface area contributed by atoms with Gasteiger partial charge in [0.1, 0.15) is 11.3 Å². The lowest BCUT2D eigenvalue weighted by Crippen LogP contribution is -2.14. The molecule has 0 aliphatic rings. The van der Waals surface area contributed by atoms with E-state index in [2.05, 4.69) is 10.3 Å². The van der Waals surface area contributed by atoms with Crippen LogP contribution in [0.5, 0.6) is 11.5 Å². The summed E-state index contributed by atoms with van der Waals surface area (Å²) in [6.07, 6.45) is 0. The fourth-order valence-electron chi connectivity index (χ4n) is 2.85. The Morgan fingerprint density at radius 2 is 1.79 bits per heavy atom. The van der Waals surface area contributed by atoms with E-state index in [4.69, 9.17) is 32.7 Å². The van der Waals surface area contributed by atoms with E-state index in [0.29, 0.717) is 10.2 Å². The number of anilines is 1. The van der Waals surface area contributed by atoms with E-state index in [1.165, 1.54) is 18.4 Å². The molecule has 146 valence electrons. The predicted molar refractivity (Wildman–Crippen MR) is 115 cm³/mol. The monoisotopic (exact) mass is 436 g/mol. The van der Waals surface area contributed by atoms with Crippen LogP contribution in [0.15, 0.2) is 30.3 Å². The van der Waals surface area contributed by atoms with Crippen molar-refractivity contribution in [2.45, 2.75) is 13.8 Å². The van der Waals surface area contributed by atoms with Crippen molar-refractivity contribution in [2.24, 2.45) is 0 Å². The molecular weight excluding hydrogens is 419 g/mol. The molecule has 5 nitrogen and oxygen atoms in total. The molecule has 0 saturated carbocycles. The zero-order valence-corrected chi connectivity index (χ0v) is 18.1. The van der Waals surface area contributed by atoms with Gasteiger partial charge in [-0.05, 0) is 49.7 Å². The number of halogens is 2. The Labute approximate surface area is 177 Å². The lowest BCUT2D eigenvalue weighted by atomic mass is 10.1. The number of nitrogens with zero attached hydrogens (tertiary/aromatic N) is 1. The number of carbonyl (C=O) groups is 1. The normalized spacial score (nSPS) is 10.6. The molecule has 8 heteroatoms. The van der Waals surface area contributed by atoms with Gasteiger partial charge in [-0.2, -0.15) is 0 Å². The Morgan fingerprint density at radius 1 is 1.07 bits per heavy atom. The third-order valence-electron chi connectivity index (χ3n) is 4.18. The van der Waals surface area contributed by atoms with Crippen LogP contribution in [0.3, 0.4) is 0 Å². The van der Waals surface area contributed by atoms with E-state index in [1.54, 1.807) is 19.2 Å². The number of benzene rings is 2. The standard InChI is InChI=1S/C20H18Cl2N2O3S/c1-10-9-12(5-8-15(10)26-3)17-11(2)28-20(23-17)24-19(25)16-13(21)6-7-14(22)18(16)27-4/h5-9H,1-4H3,(H,23,24,25). The molecule has 3 aromatic rings. The van der Waals surface area contributed by atoms with Gasteiger partial charge in [0.25, 0.3) is 5.91 Å². The number of ether oxygens (including phenoxy) is 2. The van der Waals surface area contributed by atoms with E-state index in [9.17, 15) is 4.79 Å². The quantitative estimate of drug-likeness (QED) is 0.532. The minimum absolute atomic E-state index is 0.173. The van der Waals surface area contributed by atoms with Crippen LogP contribution in [-0.2, 0) is 0 Å². The maximum absolute atomic E-state index is 12.8. The molecule has 0 aliphatic carbocycles. The Bertz CT molecular complexity index is 1050. The summed E-state index contributed by atoms with van der Waals surface area (Å²) in [6.45, 7) is 3.93. The molecule has 0 radical (unpaired) electrons. The number of amides is 1. The molecule has 0 saturated heterocycles. The Morgan fingerprint density at radius 3 is 2.43 bits per heavy atom. The minimum atomic E-state index is -0.435. The van der Waals surface area contributed by atoms with Crippen LogP contribution in [-0.4, -0.2) is 25.1 Å². The minimum Gasteiger partial charge on any atom is -0.496 e. The largest absolute Gasteiger partial charge is 0.496 e. The molecule has 0 spiro atoms. The van der Waals surface area contributed by atoms with Crippen LogP contribution in [0, 0.1) is 13.8 Å². The van der Waals surface area contributed by atoms with E-state index in [0.717, 1.165) is 27.4 Å². The van der Waals surface area contributed by atoms with Gasteiger partial charge in [-0.25, -0.2) is 4.98 Å². The highest BCUT2D eigenvalue weighted by Crippen LogP contribution is 2.36. The molecule has 1 N–H and O–H groups in total. The first kappa shape index (κ1) is 20.5. The molecule has 0 fully saturated rings. The van der Waals surface area contributed by atoms with Crippen molar-refractivity contribution in [3.8, 4) is 22.8 Å². The van der Waals surface area contributed by atoms with Crippen LogP contribution in [0.1, 0.15) is 20.8 Å². The van der Waals surface area contributed by atoms with Gasteiger partial charge < -0.3 is 9.47 Å². The summed E-state index contributed by atoms with van der Waals surface area (Å²) >= 11 is 13.7. The second-order valence-electron chi connectivity index (χ2n) is 6.00. The topological polar surface area (TPSA) is 60.5 Å². The molecule has 0 unspecified atom stereocenters. The molecule has 3 rings (SSSR count). The summed E-state index contributed by atoms with van der Waals surface area (Å²) in [5.41, 5.74) is 2.93. The number of nitrogens with one attached hydrogen (secondary N) is 1. The zero-order valence-electron chi connectivity index (χ0n) is 15.7. The molecule has 1 amide bonds. The second kappa shape index (κ2) is 8.39.